The van der Waals surface area contributed by atoms with Crippen molar-refractivity contribution in [3.8, 4) is 0 Å². The van der Waals surface area contributed by atoms with Crippen molar-refractivity contribution < 1.29 is 0 Å². The first-order valence-corrected chi connectivity index (χ1v) is 6.24. The molecule has 2 rings (SSSR count). The van der Waals surface area contributed by atoms with Crippen LogP contribution in [0.4, 0.5) is 0 Å². The predicted octanol–water partition coefficient (Wildman–Crippen LogP) is 3.46. The lowest BCUT2D eigenvalue weighted by Gasteiger charge is -2.05. The van der Waals surface area contributed by atoms with E-state index in [2.05, 4.69) is 54.9 Å². The summed E-state index contributed by atoms with van der Waals surface area (Å²) in [5.41, 5.74) is 8.93. The summed E-state index contributed by atoms with van der Waals surface area (Å²) in [7, 11) is 0. The Bertz CT molecular complexity index is 384. The van der Waals surface area contributed by atoms with Crippen molar-refractivity contribution in [1.29, 1.82) is 0 Å². The first-order chi connectivity index (χ1) is 6.98. The van der Waals surface area contributed by atoms with Crippen molar-refractivity contribution >= 4 is 15.9 Å². The summed E-state index contributed by atoms with van der Waals surface area (Å²) >= 11 is 3.53. The highest BCUT2D eigenvalue weighted by atomic mass is 79.9. The third-order valence-corrected chi connectivity index (χ3v) is 4.74. The van der Waals surface area contributed by atoms with E-state index >= 15 is 0 Å². The Hall–Kier alpha value is -0.340. The van der Waals surface area contributed by atoms with E-state index in [1.165, 1.54) is 15.6 Å². The minimum absolute atomic E-state index is 0.384. The molecule has 1 aliphatic rings. The normalized spacial score (nSPS) is 27.8. The van der Waals surface area contributed by atoms with Crippen LogP contribution in [0, 0.1) is 18.3 Å². The van der Waals surface area contributed by atoms with Crippen molar-refractivity contribution in [3.63, 3.8) is 0 Å². The van der Waals surface area contributed by atoms with Gasteiger partial charge < -0.3 is 5.73 Å². The van der Waals surface area contributed by atoms with Gasteiger partial charge in [0.25, 0.3) is 0 Å². The molecule has 2 atom stereocenters. The van der Waals surface area contributed by atoms with Gasteiger partial charge in [-0.25, -0.2) is 0 Å². The highest BCUT2D eigenvalue weighted by Crippen LogP contribution is 2.63. The second kappa shape index (κ2) is 3.60. The van der Waals surface area contributed by atoms with Gasteiger partial charge in [0.1, 0.15) is 0 Å². The zero-order chi connectivity index (χ0) is 11.2. The Labute approximate surface area is 100 Å². The SMILES string of the molecule is Cc1cc(C2C(CN)C2(C)C)ccc1Br. The monoisotopic (exact) mass is 267 g/mol. The summed E-state index contributed by atoms with van der Waals surface area (Å²) in [6, 6.07) is 6.65. The van der Waals surface area contributed by atoms with E-state index in [9.17, 15) is 0 Å². The van der Waals surface area contributed by atoms with Gasteiger partial charge in [-0.15, -0.1) is 0 Å². The van der Waals surface area contributed by atoms with E-state index < -0.39 is 0 Å². The van der Waals surface area contributed by atoms with Gasteiger partial charge in [0, 0.05) is 4.47 Å². The van der Waals surface area contributed by atoms with E-state index in [4.69, 9.17) is 5.73 Å². The second-order valence-corrected chi connectivity index (χ2v) is 6.00. The number of benzene rings is 1. The summed E-state index contributed by atoms with van der Waals surface area (Å²) in [5, 5.41) is 0. The predicted molar refractivity (Wildman–Crippen MR) is 67.9 cm³/mol. The Morgan fingerprint density at radius 2 is 2.07 bits per heavy atom. The fourth-order valence-electron chi connectivity index (χ4n) is 2.71. The van der Waals surface area contributed by atoms with Crippen LogP contribution >= 0.6 is 15.9 Å². The number of aryl methyl sites for hydroxylation is 1. The molecule has 0 bridgehead atoms. The molecule has 15 heavy (non-hydrogen) atoms. The maximum absolute atomic E-state index is 5.80. The van der Waals surface area contributed by atoms with Gasteiger partial charge in [0.05, 0.1) is 0 Å². The van der Waals surface area contributed by atoms with Gasteiger partial charge in [-0.05, 0) is 47.9 Å². The van der Waals surface area contributed by atoms with Crippen molar-refractivity contribution in [2.24, 2.45) is 17.1 Å². The number of halogens is 1. The molecule has 1 fully saturated rings. The van der Waals surface area contributed by atoms with Crippen molar-refractivity contribution in [2.45, 2.75) is 26.7 Å². The van der Waals surface area contributed by atoms with Crippen LogP contribution in [0.2, 0.25) is 0 Å². The first kappa shape index (κ1) is 11.2. The van der Waals surface area contributed by atoms with E-state index in [1.807, 2.05) is 0 Å². The fraction of sp³-hybridized carbons (Fsp3) is 0.538. The van der Waals surface area contributed by atoms with Crippen LogP contribution in [-0.2, 0) is 0 Å². The average molecular weight is 268 g/mol. The van der Waals surface area contributed by atoms with Crippen LogP contribution in [0.1, 0.15) is 30.9 Å². The summed E-state index contributed by atoms with van der Waals surface area (Å²) < 4.78 is 1.19. The maximum Gasteiger partial charge on any atom is 0.0204 e. The molecule has 0 amide bonds. The molecule has 1 aromatic carbocycles. The van der Waals surface area contributed by atoms with Crippen molar-refractivity contribution in [3.05, 3.63) is 33.8 Å². The molecule has 0 spiro atoms. The largest absolute Gasteiger partial charge is 0.330 e. The molecule has 0 radical (unpaired) electrons. The minimum Gasteiger partial charge on any atom is -0.330 e. The second-order valence-electron chi connectivity index (χ2n) is 5.15. The summed E-state index contributed by atoms with van der Waals surface area (Å²) in [6.07, 6.45) is 0. The molecule has 0 aliphatic heterocycles. The highest BCUT2D eigenvalue weighted by molar-refractivity contribution is 9.10. The average Bonchev–Trinajstić information content (AvgIpc) is 2.73. The summed E-state index contributed by atoms with van der Waals surface area (Å²) in [6.45, 7) is 7.56. The Morgan fingerprint density at radius 3 is 2.53 bits per heavy atom. The lowest BCUT2D eigenvalue weighted by molar-refractivity contribution is 0.558. The van der Waals surface area contributed by atoms with Crippen LogP contribution in [-0.4, -0.2) is 6.54 Å². The van der Waals surface area contributed by atoms with Gasteiger partial charge in [0.2, 0.25) is 0 Å². The lowest BCUT2D eigenvalue weighted by Crippen LogP contribution is -2.05. The van der Waals surface area contributed by atoms with Crippen LogP contribution in [0.15, 0.2) is 22.7 Å². The summed E-state index contributed by atoms with van der Waals surface area (Å²) in [5.74, 6) is 1.30. The van der Waals surface area contributed by atoms with E-state index in [1.54, 1.807) is 0 Å². The standard InChI is InChI=1S/C13H18BrN/c1-8-6-9(4-5-11(8)14)12-10(7-15)13(12,2)3/h4-6,10,12H,7,15H2,1-3H3. The topological polar surface area (TPSA) is 26.0 Å². The van der Waals surface area contributed by atoms with Crippen molar-refractivity contribution in [1.82, 2.24) is 0 Å². The van der Waals surface area contributed by atoms with Crippen molar-refractivity contribution in [2.75, 3.05) is 6.54 Å². The van der Waals surface area contributed by atoms with E-state index in [0.29, 0.717) is 17.3 Å². The third kappa shape index (κ3) is 1.74. The molecule has 2 unspecified atom stereocenters. The highest BCUT2D eigenvalue weighted by Gasteiger charge is 2.57. The smallest absolute Gasteiger partial charge is 0.0204 e. The van der Waals surface area contributed by atoms with E-state index in [0.717, 1.165) is 6.54 Å². The molecule has 1 aliphatic carbocycles. The van der Waals surface area contributed by atoms with Gasteiger partial charge in [0.15, 0.2) is 0 Å². The quantitative estimate of drug-likeness (QED) is 0.873. The zero-order valence-corrected chi connectivity index (χ0v) is 11.1. The number of hydrogen-bond acceptors (Lipinski definition) is 1. The molecule has 1 aromatic rings. The number of rotatable bonds is 2. The molecule has 0 heterocycles. The number of hydrogen-bond donors (Lipinski definition) is 1. The fourth-order valence-corrected chi connectivity index (χ4v) is 2.95. The zero-order valence-electron chi connectivity index (χ0n) is 9.55. The molecule has 2 heteroatoms. The maximum atomic E-state index is 5.80. The molecule has 1 nitrogen and oxygen atoms in total. The van der Waals surface area contributed by atoms with Gasteiger partial charge in [-0.2, -0.15) is 0 Å². The van der Waals surface area contributed by atoms with Gasteiger partial charge in [-0.3, -0.25) is 0 Å². The van der Waals surface area contributed by atoms with Crippen LogP contribution in [0.25, 0.3) is 0 Å². The molecular weight excluding hydrogens is 250 g/mol. The Morgan fingerprint density at radius 1 is 1.40 bits per heavy atom. The Balaban J connectivity index is 2.29. The van der Waals surface area contributed by atoms with Crippen LogP contribution in [0.3, 0.4) is 0 Å². The van der Waals surface area contributed by atoms with E-state index in [-0.39, 0.29) is 0 Å². The number of nitrogens with two attached hydrogens (primary N) is 1. The molecule has 0 saturated heterocycles. The van der Waals surface area contributed by atoms with Gasteiger partial charge in [-0.1, -0.05) is 41.9 Å². The molecule has 2 N–H and O–H groups in total. The molecule has 0 aromatic heterocycles. The Kier molecular flexibility index (Phi) is 2.68. The third-order valence-electron chi connectivity index (χ3n) is 3.85. The minimum atomic E-state index is 0.384. The van der Waals surface area contributed by atoms with Gasteiger partial charge >= 0.3 is 0 Å². The summed E-state index contributed by atoms with van der Waals surface area (Å²) in [4.78, 5) is 0. The molecule has 82 valence electrons. The first-order valence-electron chi connectivity index (χ1n) is 5.44. The van der Waals surface area contributed by atoms with Crippen LogP contribution in [0.5, 0.6) is 0 Å². The molecule has 1 saturated carbocycles. The van der Waals surface area contributed by atoms with Crippen LogP contribution < -0.4 is 5.73 Å². The molecular formula is C13H18BrN. The lowest BCUT2D eigenvalue weighted by atomic mass is 10.0.